The second-order valence-electron chi connectivity index (χ2n) is 10.6. The molecular formula is C23H35F3N4O. The Bertz CT molecular complexity index is 773. The molecule has 1 saturated carbocycles. The first-order chi connectivity index (χ1) is 14.3. The lowest BCUT2D eigenvalue weighted by atomic mass is 9.87. The Kier molecular flexibility index (Phi) is 6.61. The lowest BCUT2D eigenvalue weighted by Crippen LogP contribution is -2.54. The number of rotatable bonds is 5. The Hall–Kier alpha value is -1.83. The van der Waals surface area contributed by atoms with Crippen molar-refractivity contribution in [3.05, 3.63) is 23.9 Å². The summed E-state index contributed by atoms with van der Waals surface area (Å²) in [4.78, 5) is 21.4. The average molecular weight is 441 g/mol. The predicted molar refractivity (Wildman–Crippen MR) is 115 cm³/mol. The van der Waals surface area contributed by atoms with Crippen molar-refractivity contribution in [1.82, 2.24) is 9.88 Å². The van der Waals surface area contributed by atoms with E-state index in [0.29, 0.717) is 24.7 Å². The summed E-state index contributed by atoms with van der Waals surface area (Å²) in [6, 6.07) is 2.14. The van der Waals surface area contributed by atoms with E-state index >= 15 is 0 Å². The molecule has 1 amide bonds. The molecule has 5 nitrogen and oxygen atoms in total. The predicted octanol–water partition coefficient (Wildman–Crippen LogP) is 4.32. The van der Waals surface area contributed by atoms with Crippen LogP contribution in [0.4, 0.5) is 19.0 Å². The van der Waals surface area contributed by atoms with Gasteiger partial charge in [-0.2, -0.15) is 13.2 Å². The topological polar surface area (TPSA) is 62.5 Å². The minimum atomic E-state index is -4.39. The van der Waals surface area contributed by atoms with Crippen molar-refractivity contribution in [2.75, 3.05) is 18.0 Å². The monoisotopic (exact) mass is 440 g/mol. The van der Waals surface area contributed by atoms with Crippen molar-refractivity contribution in [2.24, 2.45) is 23.0 Å². The molecule has 0 aromatic carbocycles. The summed E-state index contributed by atoms with van der Waals surface area (Å²) in [5, 5.41) is 0. The molecule has 1 aliphatic carbocycles. The molecule has 1 saturated heterocycles. The molecule has 8 heteroatoms. The Morgan fingerprint density at radius 3 is 2.42 bits per heavy atom. The van der Waals surface area contributed by atoms with E-state index in [0.717, 1.165) is 31.6 Å². The Labute approximate surface area is 183 Å². The first-order valence-corrected chi connectivity index (χ1v) is 11.1. The smallest absolute Gasteiger partial charge is 0.356 e. The molecule has 0 unspecified atom stereocenters. The molecule has 2 aliphatic rings. The number of carbonyl (C=O) groups excluding carboxylic acids is 1. The molecule has 1 aromatic heterocycles. The van der Waals surface area contributed by atoms with Gasteiger partial charge < -0.3 is 15.5 Å². The van der Waals surface area contributed by atoms with Gasteiger partial charge in [0.25, 0.3) is 0 Å². The van der Waals surface area contributed by atoms with Crippen molar-refractivity contribution in [3.63, 3.8) is 0 Å². The zero-order chi connectivity index (χ0) is 23.1. The molecule has 4 atom stereocenters. The van der Waals surface area contributed by atoms with Crippen LogP contribution in [0.15, 0.2) is 18.3 Å². The Balaban J connectivity index is 1.73. The summed E-state index contributed by atoms with van der Waals surface area (Å²) in [5.74, 6) is 1.24. The van der Waals surface area contributed by atoms with Crippen LogP contribution in [0.2, 0.25) is 0 Å². The van der Waals surface area contributed by atoms with Crippen molar-refractivity contribution < 1.29 is 18.0 Å². The minimum Gasteiger partial charge on any atom is -0.356 e. The molecule has 0 radical (unpaired) electrons. The van der Waals surface area contributed by atoms with Crippen LogP contribution in [-0.4, -0.2) is 47.0 Å². The number of nitrogens with two attached hydrogens (primary N) is 1. The zero-order valence-corrected chi connectivity index (χ0v) is 19.1. The molecule has 2 fully saturated rings. The fourth-order valence-electron chi connectivity index (χ4n) is 5.25. The standard InChI is InChI=1S/C23H35F3N4O/c1-14(2)30(21(31)18(27)10-22(3,4)5)19-8-6-15-12-29(13-17(15)19)20-9-7-16(11-28-20)23(24,25)26/h7,9,11,14-15,17-19H,6,8,10,12-13,27H2,1-5H3/t15-,17+,18+,19+/m1/s1. The van der Waals surface area contributed by atoms with Gasteiger partial charge in [-0.3, -0.25) is 4.79 Å². The number of fused-ring (bicyclic) bond motifs is 1. The minimum absolute atomic E-state index is 0.00156. The first-order valence-electron chi connectivity index (χ1n) is 11.1. The largest absolute Gasteiger partial charge is 0.417 e. The highest BCUT2D eigenvalue weighted by atomic mass is 19.4. The number of aromatic nitrogens is 1. The first kappa shape index (κ1) is 23.8. The van der Waals surface area contributed by atoms with E-state index in [9.17, 15) is 18.0 Å². The second-order valence-corrected chi connectivity index (χ2v) is 10.6. The van der Waals surface area contributed by atoms with E-state index < -0.39 is 17.8 Å². The van der Waals surface area contributed by atoms with Crippen LogP contribution in [0.1, 0.15) is 59.4 Å². The Morgan fingerprint density at radius 1 is 1.23 bits per heavy atom. The summed E-state index contributed by atoms with van der Waals surface area (Å²) >= 11 is 0. The molecule has 2 heterocycles. The van der Waals surface area contributed by atoms with E-state index in [4.69, 9.17) is 5.73 Å². The number of hydrogen-bond donors (Lipinski definition) is 1. The van der Waals surface area contributed by atoms with Gasteiger partial charge in [0, 0.05) is 37.3 Å². The van der Waals surface area contributed by atoms with E-state index in [1.54, 1.807) is 0 Å². The molecule has 2 N–H and O–H groups in total. The highest BCUT2D eigenvalue weighted by molar-refractivity contribution is 5.82. The third-order valence-corrected chi connectivity index (χ3v) is 6.54. The van der Waals surface area contributed by atoms with Crippen molar-refractivity contribution >= 4 is 11.7 Å². The molecule has 0 spiro atoms. The molecule has 3 rings (SSSR count). The Morgan fingerprint density at radius 2 is 1.90 bits per heavy atom. The van der Waals surface area contributed by atoms with Crippen LogP contribution in [0, 0.1) is 17.3 Å². The van der Waals surface area contributed by atoms with Gasteiger partial charge in [0.1, 0.15) is 5.82 Å². The molecule has 174 valence electrons. The number of hydrogen-bond acceptors (Lipinski definition) is 4. The van der Waals surface area contributed by atoms with Crippen LogP contribution >= 0.6 is 0 Å². The van der Waals surface area contributed by atoms with Crippen molar-refractivity contribution in [2.45, 2.75) is 78.2 Å². The van der Waals surface area contributed by atoms with Gasteiger partial charge in [0.2, 0.25) is 5.91 Å². The molecular weight excluding hydrogens is 405 g/mol. The highest BCUT2D eigenvalue weighted by Gasteiger charge is 2.47. The van der Waals surface area contributed by atoms with E-state index in [-0.39, 0.29) is 29.3 Å². The lowest BCUT2D eigenvalue weighted by Gasteiger charge is -2.39. The van der Waals surface area contributed by atoms with Crippen molar-refractivity contribution in [1.29, 1.82) is 0 Å². The fourth-order valence-corrected chi connectivity index (χ4v) is 5.25. The number of amides is 1. The van der Waals surface area contributed by atoms with Crippen LogP contribution in [0.5, 0.6) is 0 Å². The van der Waals surface area contributed by atoms with Gasteiger partial charge in [-0.05, 0) is 56.6 Å². The summed E-state index contributed by atoms with van der Waals surface area (Å²) < 4.78 is 38.5. The molecule has 1 aromatic rings. The van der Waals surface area contributed by atoms with Crippen LogP contribution in [0.25, 0.3) is 0 Å². The number of halogens is 3. The molecule has 31 heavy (non-hydrogen) atoms. The zero-order valence-electron chi connectivity index (χ0n) is 19.1. The highest BCUT2D eigenvalue weighted by Crippen LogP contribution is 2.43. The van der Waals surface area contributed by atoms with E-state index in [1.807, 2.05) is 18.7 Å². The van der Waals surface area contributed by atoms with Crippen molar-refractivity contribution in [3.8, 4) is 0 Å². The van der Waals surface area contributed by atoms with Crippen LogP contribution in [-0.2, 0) is 11.0 Å². The quantitative estimate of drug-likeness (QED) is 0.741. The summed E-state index contributed by atoms with van der Waals surface area (Å²) in [7, 11) is 0. The maximum Gasteiger partial charge on any atom is 0.417 e. The third kappa shape index (κ3) is 5.33. The number of anilines is 1. The fraction of sp³-hybridized carbons (Fsp3) is 0.739. The SMILES string of the molecule is CC(C)N(C(=O)[C@@H](N)CC(C)(C)C)[C@H]1CC[C@@H]2CN(c3ccc(C(F)(F)F)cn3)C[C@@H]21. The van der Waals surface area contributed by atoms with E-state index in [1.165, 1.54) is 6.07 Å². The van der Waals surface area contributed by atoms with Gasteiger partial charge >= 0.3 is 6.18 Å². The maximum absolute atomic E-state index is 13.3. The lowest BCUT2D eigenvalue weighted by molar-refractivity contribution is -0.139. The van der Waals surface area contributed by atoms with Gasteiger partial charge in [0.05, 0.1) is 11.6 Å². The van der Waals surface area contributed by atoms with Gasteiger partial charge in [-0.1, -0.05) is 20.8 Å². The average Bonchev–Trinajstić information content (AvgIpc) is 3.21. The number of alkyl halides is 3. The summed E-state index contributed by atoms with van der Waals surface area (Å²) in [5.41, 5.74) is 5.54. The van der Waals surface area contributed by atoms with Gasteiger partial charge in [0.15, 0.2) is 0 Å². The summed E-state index contributed by atoms with van der Waals surface area (Å²) in [6.07, 6.45) is -0.927. The number of carbonyl (C=O) groups is 1. The number of pyridine rings is 1. The maximum atomic E-state index is 13.3. The van der Waals surface area contributed by atoms with Crippen LogP contribution in [0.3, 0.4) is 0 Å². The van der Waals surface area contributed by atoms with Crippen LogP contribution < -0.4 is 10.6 Å². The van der Waals surface area contributed by atoms with E-state index in [2.05, 4.69) is 30.7 Å². The number of nitrogens with zero attached hydrogens (tertiary/aromatic N) is 3. The molecule has 1 aliphatic heterocycles. The third-order valence-electron chi connectivity index (χ3n) is 6.54. The van der Waals surface area contributed by atoms with Gasteiger partial charge in [-0.25, -0.2) is 4.98 Å². The molecule has 0 bridgehead atoms. The second kappa shape index (κ2) is 8.60. The normalized spacial score (nSPS) is 25.1. The summed E-state index contributed by atoms with van der Waals surface area (Å²) in [6.45, 7) is 11.7. The van der Waals surface area contributed by atoms with Gasteiger partial charge in [-0.15, -0.1) is 0 Å².